The quantitative estimate of drug-likeness (QED) is 0.232. The predicted molar refractivity (Wildman–Crippen MR) is 108 cm³/mol. The first kappa shape index (κ1) is 23.4. The number of nitrogens with one attached hydrogen (secondary N) is 2. The number of benzene rings is 1. The Morgan fingerprint density at radius 1 is 1.14 bits per heavy atom. The van der Waals surface area contributed by atoms with Crippen molar-refractivity contribution in [3.8, 4) is 0 Å². The van der Waals surface area contributed by atoms with Gasteiger partial charge in [0.25, 0.3) is 5.91 Å². The van der Waals surface area contributed by atoms with Crippen LogP contribution in [0.4, 0.5) is 5.69 Å². The molecule has 1 rings (SSSR count). The van der Waals surface area contributed by atoms with E-state index in [2.05, 4.69) is 15.6 Å². The molecule has 0 radical (unpaired) electrons. The zero-order valence-corrected chi connectivity index (χ0v) is 16.7. The van der Waals surface area contributed by atoms with E-state index in [-0.39, 0.29) is 23.7 Å². The summed E-state index contributed by atoms with van der Waals surface area (Å²) in [7, 11) is 1.60. The molecule has 0 bridgehead atoms. The monoisotopic (exact) mass is 393 g/mol. The second-order valence-corrected chi connectivity index (χ2v) is 6.32. The standard InChI is InChI=1S/C19H31N5O4/c1-4-13(2)16(18(26)22-9-10-28-12-11-27-3)24-17(25)14-5-7-15(8-6-14)23-19(20)21/h5-8,13,16H,4,9-12H2,1-3H3,(H,22,26)(H,24,25)(H4,20,21,23). The van der Waals surface area contributed by atoms with Crippen LogP contribution in [0.15, 0.2) is 29.3 Å². The van der Waals surface area contributed by atoms with Crippen molar-refractivity contribution in [3.05, 3.63) is 29.8 Å². The van der Waals surface area contributed by atoms with Gasteiger partial charge in [-0.05, 0) is 30.2 Å². The Morgan fingerprint density at radius 2 is 1.82 bits per heavy atom. The number of carbonyl (C=O) groups excluding carboxylic acids is 2. The van der Waals surface area contributed by atoms with Crippen LogP contribution in [-0.2, 0) is 14.3 Å². The smallest absolute Gasteiger partial charge is 0.251 e. The summed E-state index contributed by atoms with van der Waals surface area (Å²) in [5.74, 6) is -0.667. The van der Waals surface area contributed by atoms with E-state index in [1.54, 1.807) is 31.4 Å². The highest BCUT2D eigenvalue weighted by atomic mass is 16.5. The van der Waals surface area contributed by atoms with Crippen molar-refractivity contribution in [3.63, 3.8) is 0 Å². The largest absolute Gasteiger partial charge is 0.382 e. The first-order valence-corrected chi connectivity index (χ1v) is 9.24. The van der Waals surface area contributed by atoms with Crippen molar-refractivity contribution in [1.29, 1.82) is 0 Å². The van der Waals surface area contributed by atoms with Crippen molar-refractivity contribution < 1.29 is 19.1 Å². The third-order valence-corrected chi connectivity index (χ3v) is 4.15. The number of nitrogens with zero attached hydrogens (tertiary/aromatic N) is 1. The summed E-state index contributed by atoms with van der Waals surface area (Å²) in [6.07, 6.45) is 0.742. The fourth-order valence-corrected chi connectivity index (χ4v) is 2.36. The highest BCUT2D eigenvalue weighted by Gasteiger charge is 2.26. The van der Waals surface area contributed by atoms with Crippen LogP contribution in [0.2, 0.25) is 0 Å². The molecule has 0 saturated heterocycles. The average Bonchev–Trinajstić information content (AvgIpc) is 2.67. The van der Waals surface area contributed by atoms with Gasteiger partial charge in [0.05, 0.1) is 25.5 Å². The summed E-state index contributed by atoms with van der Waals surface area (Å²) < 4.78 is 10.2. The molecule has 156 valence electrons. The minimum Gasteiger partial charge on any atom is -0.382 e. The number of aliphatic imine (C=N–C) groups is 1. The maximum absolute atomic E-state index is 12.5. The Labute approximate surface area is 165 Å². The zero-order chi connectivity index (χ0) is 20.9. The van der Waals surface area contributed by atoms with Crippen molar-refractivity contribution >= 4 is 23.5 Å². The van der Waals surface area contributed by atoms with E-state index in [1.807, 2.05) is 13.8 Å². The van der Waals surface area contributed by atoms with Crippen LogP contribution in [0.5, 0.6) is 0 Å². The summed E-state index contributed by atoms with van der Waals surface area (Å²) in [6.45, 7) is 5.59. The molecule has 2 atom stereocenters. The number of rotatable bonds is 12. The van der Waals surface area contributed by atoms with E-state index >= 15 is 0 Å². The van der Waals surface area contributed by atoms with Gasteiger partial charge in [-0.1, -0.05) is 20.3 Å². The van der Waals surface area contributed by atoms with Crippen molar-refractivity contribution in [2.45, 2.75) is 26.3 Å². The molecule has 2 amide bonds. The van der Waals surface area contributed by atoms with E-state index in [9.17, 15) is 9.59 Å². The highest BCUT2D eigenvalue weighted by Crippen LogP contribution is 2.14. The fourth-order valence-electron chi connectivity index (χ4n) is 2.36. The van der Waals surface area contributed by atoms with Crippen molar-refractivity contribution in [2.24, 2.45) is 22.4 Å². The van der Waals surface area contributed by atoms with Crippen LogP contribution in [0.25, 0.3) is 0 Å². The second-order valence-electron chi connectivity index (χ2n) is 6.32. The predicted octanol–water partition coefficient (Wildman–Crippen LogP) is 0.515. The summed E-state index contributed by atoms with van der Waals surface area (Å²) in [6, 6.07) is 5.82. The van der Waals surface area contributed by atoms with Crippen molar-refractivity contribution in [1.82, 2.24) is 10.6 Å². The van der Waals surface area contributed by atoms with Gasteiger partial charge in [-0.25, -0.2) is 4.99 Å². The molecule has 0 aromatic heterocycles. The zero-order valence-electron chi connectivity index (χ0n) is 16.7. The normalized spacial score (nSPS) is 12.7. The summed E-state index contributed by atoms with van der Waals surface area (Å²) in [4.78, 5) is 29.0. The van der Waals surface area contributed by atoms with Crippen LogP contribution >= 0.6 is 0 Å². The lowest BCUT2D eigenvalue weighted by Gasteiger charge is -2.23. The maximum atomic E-state index is 12.5. The molecular weight excluding hydrogens is 362 g/mol. The minimum atomic E-state index is -0.645. The Balaban J connectivity index is 2.65. The maximum Gasteiger partial charge on any atom is 0.251 e. The number of ether oxygens (including phenoxy) is 2. The molecule has 0 fully saturated rings. The van der Waals surface area contributed by atoms with Crippen LogP contribution < -0.4 is 22.1 Å². The van der Waals surface area contributed by atoms with Gasteiger partial charge in [0, 0.05) is 19.2 Å². The van der Waals surface area contributed by atoms with Crippen LogP contribution in [0.3, 0.4) is 0 Å². The number of hydrogen-bond acceptors (Lipinski definition) is 5. The highest BCUT2D eigenvalue weighted by molar-refractivity contribution is 5.97. The molecule has 0 aliphatic heterocycles. The lowest BCUT2D eigenvalue weighted by atomic mass is 9.98. The average molecular weight is 393 g/mol. The van der Waals surface area contributed by atoms with E-state index in [4.69, 9.17) is 20.9 Å². The van der Waals surface area contributed by atoms with Gasteiger partial charge in [-0.3, -0.25) is 9.59 Å². The molecule has 0 aliphatic carbocycles. The topological polar surface area (TPSA) is 141 Å². The molecule has 9 heteroatoms. The van der Waals surface area contributed by atoms with Gasteiger partial charge in [0.15, 0.2) is 5.96 Å². The van der Waals surface area contributed by atoms with Crippen LogP contribution in [0.1, 0.15) is 30.6 Å². The van der Waals surface area contributed by atoms with Gasteiger partial charge in [0.1, 0.15) is 6.04 Å². The minimum absolute atomic E-state index is 0.0285. The molecule has 2 unspecified atom stereocenters. The van der Waals surface area contributed by atoms with E-state index < -0.39 is 6.04 Å². The van der Waals surface area contributed by atoms with Gasteiger partial charge in [-0.2, -0.15) is 0 Å². The Morgan fingerprint density at radius 3 is 2.39 bits per heavy atom. The number of methoxy groups -OCH3 is 1. The number of guanidine groups is 1. The molecule has 0 heterocycles. The second kappa shape index (κ2) is 12.7. The first-order valence-electron chi connectivity index (χ1n) is 9.24. The number of carbonyl (C=O) groups is 2. The van der Waals surface area contributed by atoms with Gasteiger partial charge >= 0.3 is 0 Å². The van der Waals surface area contributed by atoms with Gasteiger partial charge in [0.2, 0.25) is 5.91 Å². The lowest BCUT2D eigenvalue weighted by Crippen LogP contribution is -2.50. The van der Waals surface area contributed by atoms with Crippen LogP contribution in [-0.4, -0.2) is 57.3 Å². The Hall–Kier alpha value is -2.65. The number of hydrogen-bond donors (Lipinski definition) is 4. The molecule has 1 aromatic rings. The molecule has 1 aromatic carbocycles. The number of nitrogens with two attached hydrogens (primary N) is 2. The molecule has 0 saturated carbocycles. The Bertz CT molecular complexity index is 644. The summed E-state index contributed by atoms with van der Waals surface area (Å²) >= 11 is 0. The molecule has 6 N–H and O–H groups in total. The van der Waals surface area contributed by atoms with E-state index in [0.717, 1.165) is 6.42 Å². The van der Waals surface area contributed by atoms with Crippen molar-refractivity contribution in [2.75, 3.05) is 33.5 Å². The molecule has 9 nitrogen and oxygen atoms in total. The first-order chi connectivity index (χ1) is 13.4. The third-order valence-electron chi connectivity index (χ3n) is 4.15. The van der Waals surface area contributed by atoms with Crippen LogP contribution in [0, 0.1) is 5.92 Å². The SMILES string of the molecule is CCC(C)C(NC(=O)c1ccc(N=C(N)N)cc1)C(=O)NCCOCCOC. The molecular formula is C19H31N5O4. The third kappa shape index (κ3) is 8.36. The summed E-state index contributed by atoms with van der Waals surface area (Å²) in [5.41, 5.74) is 11.6. The van der Waals surface area contributed by atoms with E-state index in [0.29, 0.717) is 37.6 Å². The number of amides is 2. The van der Waals surface area contributed by atoms with Gasteiger partial charge < -0.3 is 31.6 Å². The Kier molecular flexibility index (Phi) is 10.6. The molecule has 0 aliphatic rings. The lowest BCUT2D eigenvalue weighted by molar-refractivity contribution is -0.124. The van der Waals surface area contributed by atoms with E-state index in [1.165, 1.54) is 0 Å². The molecule has 28 heavy (non-hydrogen) atoms. The van der Waals surface area contributed by atoms with Gasteiger partial charge in [-0.15, -0.1) is 0 Å². The summed E-state index contributed by atoms with van der Waals surface area (Å²) in [5, 5.41) is 5.61. The fraction of sp³-hybridized carbons (Fsp3) is 0.526. The molecule has 0 spiro atoms.